The Morgan fingerprint density at radius 1 is 1.32 bits per heavy atom. The van der Waals surface area contributed by atoms with Crippen LogP contribution in [0.2, 0.25) is 0 Å². The van der Waals surface area contributed by atoms with E-state index in [4.69, 9.17) is 5.73 Å². The molecule has 25 heavy (non-hydrogen) atoms. The standard InChI is InChI=1S/C16H16BrN7O/c17-13-8-21-16(23-11-3-1-2-10(6-11)14(18)25)24-15(13)20-5-4-12-7-19-9-22-12/h1-3,6-9H,4-5H2,(H2,18,25)(H,19,22)(H2,20,21,23,24). The number of aromatic amines is 1. The number of H-pyrrole nitrogens is 1. The third-order valence-electron chi connectivity index (χ3n) is 3.38. The van der Waals surface area contributed by atoms with Gasteiger partial charge in [0.25, 0.3) is 0 Å². The predicted molar refractivity (Wildman–Crippen MR) is 98.8 cm³/mol. The van der Waals surface area contributed by atoms with Gasteiger partial charge in [-0.15, -0.1) is 0 Å². The fraction of sp³-hybridized carbons (Fsp3) is 0.125. The van der Waals surface area contributed by atoms with Crippen LogP contribution in [0, 0.1) is 0 Å². The van der Waals surface area contributed by atoms with Crippen LogP contribution in [0.1, 0.15) is 16.1 Å². The Hall–Kier alpha value is -2.94. The first-order valence-corrected chi connectivity index (χ1v) is 8.32. The lowest BCUT2D eigenvalue weighted by atomic mass is 10.2. The number of nitrogens with zero attached hydrogens (tertiary/aromatic N) is 3. The molecule has 2 heterocycles. The number of halogens is 1. The Balaban J connectivity index is 1.68. The quantitative estimate of drug-likeness (QED) is 0.482. The molecule has 3 rings (SSSR count). The minimum Gasteiger partial charge on any atom is -0.369 e. The number of rotatable bonds is 7. The number of nitrogens with one attached hydrogen (secondary N) is 3. The van der Waals surface area contributed by atoms with Crippen LogP contribution in [0.5, 0.6) is 0 Å². The van der Waals surface area contributed by atoms with Crippen LogP contribution in [0.3, 0.4) is 0 Å². The summed E-state index contributed by atoms with van der Waals surface area (Å²) in [5, 5.41) is 6.30. The number of anilines is 3. The van der Waals surface area contributed by atoms with Crippen molar-refractivity contribution < 1.29 is 4.79 Å². The third kappa shape index (κ3) is 4.54. The Kier molecular flexibility index (Phi) is 5.24. The van der Waals surface area contributed by atoms with Gasteiger partial charge in [-0.3, -0.25) is 4.79 Å². The normalized spacial score (nSPS) is 10.4. The Labute approximate surface area is 152 Å². The van der Waals surface area contributed by atoms with E-state index in [2.05, 4.69) is 46.5 Å². The second kappa shape index (κ2) is 7.75. The highest BCUT2D eigenvalue weighted by molar-refractivity contribution is 9.10. The van der Waals surface area contributed by atoms with Crippen molar-refractivity contribution in [3.05, 3.63) is 58.7 Å². The number of aromatic nitrogens is 4. The molecule has 0 bridgehead atoms. The molecular weight excluding hydrogens is 386 g/mol. The van der Waals surface area contributed by atoms with E-state index in [-0.39, 0.29) is 0 Å². The van der Waals surface area contributed by atoms with Crippen LogP contribution in [-0.4, -0.2) is 32.4 Å². The molecule has 0 fully saturated rings. The molecule has 0 aliphatic carbocycles. The van der Waals surface area contributed by atoms with Crippen molar-refractivity contribution in [2.24, 2.45) is 5.73 Å². The molecule has 1 aromatic carbocycles. The smallest absolute Gasteiger partial charge is 0.248 e. The molecule has 0 aliphatic rings. The van der Waals surface area contributed by atoms with Crippen molar-refractivity contribution in [3.8, 4) is 0 Å². The molecule has 0 atom stereocenters. The molecule has 3 aromatic rings. The van der Waals surface area contributed by atoms with Crippen LogP contribution in [0.25, 0.3) is 0 Å². The van der Waals surface area contributed by atoms with Gasteiger partial charge in [0.15, 0.2) is 0 Å². The molecular formula is C16H16BrN7O. The van der Waals surface area contributed by atoms with Gasteiger partial charge >= 0.3 is 0 Å². The van der Waals surface area contributed by atoms with E-state index in [0.29, 0.717) is 29.6 Å². The number of nitrogens with two attached hydrogens (primary N) is 1. The summed E-state index contributed by atoms with van der Waals surface area (Å²) < 4.78 is 0.756. The lowest BCUT2D eigenvalue weighted by molar-refractivity contribution is 0.100. The summed E-state index contributed by atoms with van der Waals surface area (Å²) in [6.45, 7) is 0.678. The molecule has 0 radical (unpaired) electrons. The van der Waals surface area contributed by atoms with Crippen molar-refractivity contribution in [1.29, 1.82) is 0 Å². The zero-order valence-corrected chi connectivity index (χ0v) is 14.7. The number of benzene rings is 1. The van der Waals surface area contributed by atoms with Gasteiger partial charge in [0, 0.05) is 36.6 Å². The van der Waals surface area contributed by atoms with E-state index >= 15 is 0 Å². The molecule has 0 saturated carbocycles. The van der Waals surface area contributed by atoms with Crippen molar-refractivity contribution >= 4 is 39.3 Å². The highest BCUT2D eigenvalue weighted by atomic mass is 79.9. The third-order valence-corrected chi connectivity index (χ3v) is 3.96. The molecule has 8 nitrogen and oxygen atoms in total. The molecule has 0 saturated heterocycles. The molecule has 0 spiro atoms. The van der Waals surface area contributed by atoms with Crippen molar-refractivity contribution in [2.75, 3.05) is 17.2 Å². The fourth-order valence-corrected chi connectivity index (χ4v) is 2.50. The van der Waals surface area contributed by atoms with Crippen molar-refractivity contribution in [3.63, 3.8) is 0 Å². The van der Waals surface area contributed by atoms with Gasteiger partial charge in [-0.1, -0.05) is 6.07 Å². The number of hydrogen-bond acceptors (Lipinski definition) is 6. The Morgan fingerprint density at radius 2 is 2.20 bits per heavy atom. The largest absolute Gasteiger partial charge is 0.369 e. The summed E-state index contributed by atoms with van der Waals surface area (Å²) in [7, 11) is 0. The van der Waals surface area contributed by atoms with Crippen LogP contribution < -0.4 is 16.4 Å². The fourth-order valence-electron chi connectivity index (χ4n) is 2.17. The van der Waals surface area contributed by atoms with Gasteiger partial charge in [-0.2, -0.15) is 4.98 Å². The first-order chi connectivity index (χ1) is 12.1. The summed E-state index contributed by atoms with van der Waals surface area (Å²) in [5.74, 6) is 0.590. The van der Waals surface area contributed by atoms with Crippen LogP contribution >= 0.6 is 15.9 Å². The van der Waals surface area contributed by atoms with Gasteiger partial charge < -0.3 is 21.4 Å². The summed E-state index contributed by atoms with van der Waals surface area (Å²) in [4.78, 5) is 27.0. The number of amides is 1. The molecule has 5 N–H and O–H groups in total. The number of carbonyl (C=O) groups excluding carboxylic acids is 1. The average Bonchev–Trinajstić information content (AvgIpc) is 3.11. The van der Waals surface area contributed by atoms with Gasteiger partial charge in [-0.25, -0.2) is 9.97 Å². The maximum absolute atomic E-state index is 11.3. The predicted octanol–water partition coefficient (Wildman–Crippen LogP) is 2.46. The number of primary amides is 1. The SMILES string of the molecule is NC(=O)c1cccc(Nc2ncc(Br)c(NCCc3c[nH]cn3)n2)c1. The van der Waals surface area contributed by atoms with Crippen LogP contribution in [-0.2, 0) is 6.42 Å². The minimum atomic E-state index is -0.485. The van der Waals surface area contributed by atoms with Gasteiger partial charge in [0.2, 0.25) is 11.9 Å². The molecule has 9 heteroatoms. The van der Waals surface area contributed by atoms with Crippen molar-refractivity contribution in [1.82, 2.24) is 19.9 Å². The summed E-state index contributed by atoms with van der Waals surface area (Å²) in [6, 6.07) is 6.85. The summed E-state index contributed by atoms with van der Waals surface area (Å²) in [5.41, 5.74) is 7.36. The number of carbonyl (C=O) groups is 1. The van der Waals surface area contributed by atoms with Crippen LogP contribution in [0.15, 0.2) is 47.5 Å². The monoisotopic (exact) mass is 401 g/mol. The summed E-state index contributed by atoms with van der Waals surface area (Å²) >= 11 is 3.43. The first kappa shape index (κ1) is 16.9. The van der Waals surface area contributed by atoms with Gasteiger partial charge in [0.05, 0.1) is 16.5 Å². The van der Waals surface area contributed by atoms with E-state index in [1.54, 1.807) is 30.7 Å². The Bertz CT molecular complexity index is 867. The lowest BCUT2D eigenvalue weighted by Gasteiger charge is -2.10. The number of hydrogen-bond donors (Lipinski definition) is 4. The molecule has 0 unspecified atom stereocenters. The zero-order valence-electron chi connectivity index (χ0n) is 13.2. The topological polar surface area (TPSA) is 122 Å². The van der Waals surface area contributed by atoms with Crippen molar-refractivity contribution in [2.45, 2.75) is 6.42 Å². The second-order valence-corrected chi connectivity index (χ2v) is 6.05. The molecule has 128 valence electrons. The van der Waals surface area contributed by atoms with Crippen LogP contribution in [0.4, 0.5) is 17.5 Å². The highest BCUT2D eigenvalue weighted by Crippen LogP contribution is 2.22. The van der Waals surface area contributed by atoms with Gasteiger partial charge in [-0.05, 0) is 34.1 Å². The Morgan fingerprint density at radius 3 is 2.96 bits per heavy atom. The van der Waals surface area contributed by atoms with E-state index < -0.39 is 5.91 Å². The number of imidazole rings is 1. The first-order valence-electron chi connectivity index (χ1n) is 7.53. The lowest BCUT2D eigenvalue weighted by Crippen LogP contribution is -2.11. The molecule has 2 aromatic heterocycles. The maximum atomic E-state index is 11.3. The zero-order chi connectivity index (χ0) is 17.6. The summed E-state index contributed by atoms with van der Waals surface area (Å²) in [6.07, 6.45) is 5.93. The average molecular weight is 402 g/mol. The van der Waals surface area contributed by atoms with Gasteiger partial charge in [0.1, 0.15) is 5.82 Å². The van der Waals surface area contributed by atoms with E-state index in [1.165, 1.54) is 0 Å². The van der Waals surface area contributed by atoms with E-state index in [0.717, 1.165) is 16.6 Å². The second-order valence-electron chi connectivity index (χ2n) is 5.20. The molecule has 1 amide bonds. The van der Waals surface area contributed by atoms with E-state index in [1.807, 2.05) is 12.3 Å². The minimum absolute atomic E-state index is 0.409. The highest BCUT2D eigenvalue weighted by Gasteiger charge is 2.07. The molecule has 0 aliphatic heterocycles. The van der Waals surface area contributed by atoms with E-state index in [9.17, 15) is 4.79 Å². The maximum Gasteiger partial charge on any atom is 0.248 e.